The van der Waals surface area contributed by atoms with E-state index in [9.17, 15) is 12.8 Å². The molecule has 0 bridgehead atoms. The zero-order valence-corrected chi connectivity index (χ0v) is 25.7. The van der Waals surface area contributed by atoms with Gasteiger partial charge in [-0.1, -0.05) is 55.2 Å². The van der Waals surface area contributed by atoms with Crippen molar-refractivity contribution in [2.45, 2.75) is 31.2 Å². The van der Waals surface area contributed by atoms with Gasteiger partial charge in [0.2, 0.25) is 15.2 Å². The van der Waals surface area contributed by atoms with E-state index >= 15 is 0 Å². The number of nitrogens with zero attached hydrogens (tertiary/aromatic N) is 4. The van der Waals surface area contributed by atoms with Gasteiger partial charge in [-0.3, -0.25) is 0 Å². The van der Waals surface area contributed by atoms with Crippen LogP contribution in [0.4, 0.5) is 9.52 Å². The van der Waals surface area contributed by atoms with Crippen molar-refractivity contribution < 1.29 is 17.5 Å². The van der Waals surface area contributed by atoms with Crippen molar-refractivity contribution in [3.05, 3.63) is 93.0 Å². The molecule has 12 heteroatoms. The average Bonchev–Trinajstić information content (AvgIpc) is 3.62. The largest absolute Gasteiger partial charge is 0.494 e. The molecule has 0 radical (unpaired) electrons. The molecule has 4 aromatic rings. The zero-order valence-electron chi connectivity index (χ0n) is 22.5. The summed E-state index contributed by atoms with van der Waals surface area (Å²) in [6.45, 7) is 4.43. The summed E-state index contributed by atoms with van der Waals surface area (Å²) >= 11 is 14.2. The highest BCUT2D eigenvalue weighted by Gasteiger charge is 2.33. The van der Waals surface area contributed by atoms with Crippen molar-refractivity contribution in [2.75, 3.05) is 25.2 Å². The highest BCUT2D eigenvalue weighted by molar-refractivity contribution is 7.89. The van der Waals surface area contributed by atoms with E-state index in [0.717, 1.165) is 11.1 Å². The van der Waals surface area contributed by atoms with Gasteiger partial charge in [-0.2, -0.15) is 9.41 Å². The van der Waals surface area contributed by atoms with Crippen LogP contribution in [0.3, 0.4) is 0 Å². The number of methoxy groups -OCH3 is 1. The van der Waals surface area contributed by atoms with E-state index < -0.39 is 15.8 Å². The van der Waals surface area contributed by atoms with E-state index in [0.29, 0.717) is 51.7 Å². The standard InChI is InChI=1S/C29H27Cl2FN4O3S2/c1-4-35(5-2)41(37,38)21-10-6-18(7-11-21)26-17-40-29(33-26)36-27(22-12-9-20(30)15-23(22)31)16-25(34-36)19-8-13-28(39-3)24(32)14-19/h6-15,17,27H,4-5,16H2,1-3H3/t27-/m1/s1. The van der Waals surface area contributed by atoms with Gasteiger partial charge in [0.1, 0.15) is 0 Å². The molecule has 0 saturated carbocycles. The molecular weight excluding hydrogens is 606 g/mol. The molecular formula is C29H27Cl2FN4O3S2. The molecule has 5 rings (SSSR count). The summed E-state index contributed by atoms with van der Waals surface area (Å²) < 4.78 is 46.8. The Labute approximate surface area is 252 Å². The van der Waals surface area contributed by atoms with Crippen LogP contribution in [0.5, 0.6) is 5.75 Å². The van der Waals surface area contributed by atoms with Crippen LogP contribution in [0.2, 0.25) is 10.0 Å². The molecule has 1 aliphatic heterocycles. The Morgan fingerprint density at radius 1 is 1.05 bits per heavy atom. The Bertz CT molecular complexity index is 1710. The molecule has 2 heterocycles. The number of rotatable bonds is 9. The maximum absolute atomic E-state index is 14.6. The van der Waals surface area contributed by atoms with Gasteiger partial charge >= 0.3 is 0 Å². The first-order valence-electron chi connectivity index (χ1n) is 12.9. The van der Waals surface area contributed by atoms with Crippen molar-refractivity contribution >= 4 is 55.4 Å². The zero-order chi connectivity index (χ0) is 29.3. The molecule has 0 aliphatic carbocycles. The number of aromatic nitrogens is 1. The number of anilines is 1. The Kier molecular flexibility index (Phi) is 8.68. The van der Waals surface area contributed by atoms with Crippen LogP contribution in [0.25, 0.3) is 11.3 Å². The lowest BCUT2D eigenvalue weighted by atomic mass is 9.98. The number of hydrogen-bond acceptors (Lipinski definition) is 7. The second kappa shape index (κ2) is 12.1. The molecule has 0 saturated heterocycles. The van der Waals surface area contributed by atoms with Crippen LogP contribution in [-0.4, -0.2) is 43.6 Å². The molecule has 1 aliphatic rings. The normalized spacial score (nSPS) is 15.4. The van der Waals surface area contributed by atoms with Gasteiger partial charge in [-0.05, 0) is 48.0 Å². The summed E-state index contributed by atoms with van der Waals surface area (Å²) in [5, 5.41) is 10.2. The smallest absolute Gasteiger partial charge is 0.243 e. The number of benzene rings is 3. The molecule has 0 N–H and O–H groups in total. The summed E-state index contributed by atoms with van der Waals surface area (Å²) in [7, 11) is -2.14. The third-order valence-electron chi connectivity index (χ3n) is 6.90. The van der Waals surface area contributed by atoms with E-state index in [-0.39, 0.29) is 16.7 Å². The fraction of sp³-hybridized carbons (Fsp3) is 0.241. The fourth-order valence-corrected chi connectivity index (χ4v) is 7.56. The molecule has 1 atom stereocenters. The van der Waals surface area contributed by atoms with Crippen LogP contribution in [0.15, 0.2) is 76.0 Å². The monoisotopic (exact) mass is 632 g/mol. The van der Waals surface area contributed by atoms with E-state index in [1.165, 1.54) is 28.8 Å². The van der Waals surface area contributed by atoms with Crippen LogP contribution in [0, 0.1) is 5.82 Å². The maximum atomic E-state index is 14.6. The molecule has 41 heavy (non-hydrogen) atoms. The highest BCUT2D eigenvalue weighted by Crippen LogP contribution is 2.42. The molecule has 0 unspecified atom stereocenters. The fourth-order valence-electron chi connectivity index (χ4n) is 4.73. The SMILES string of the molecule is CCN(CC)S(=O)(=O)c1ccc(-c2csc(N3N=C(c4ccc(OC)c(F)c4)C[C@@H]3c3ccc(Cl)cc3Cl)n2)cc1. The summed E-state index contributed by atoms with van der Waals surface area (Å²) in [5.74, 6) is -0.322. The van der Waals surface area contributed by atoms with Crippen LogP contribution < -0.4 is 9.75 Å². The van der Waals surface area contributed by atoms with Gasteiger partial charge in [0.15, 0.2) is 11.6 Å². The van der Waals surface area contributed by atoms with Gasteiger partial charge in [-0.15, -0.1) is 11.3 Å². The third kappa shape index (κ3) is 5.85. The summed E-state index contributed by atoms with van der Waals surface area (Å²) in [4.78, 5) is 5.07. The number of sulfonamides is 1. The first-order valence-corrected chi connectivity index (χ1v) is 16.0. The summed E-state index contributed by atoms with van der Waals surface area (Å²) in [5.41, 5.74) is 3.56. The molecule has 214 valence electrons. The molecule has 0 spiro atoms. The predicted molar refractivity (Wildman–Crippen MR) is 163 cm³/mol. The van der Waals surface area contributed by atoms with Crippen molar-refractivity contribution in [1.29, 1.82) is 0 Å². The summed E-state index contributed by atoms with van der Waals surface area (Å²) in [6, 6.07) is 16.5. The van der Waals surface area contributed by atoms with Crippen molar-refractivity contribution in [2.24, 2.45) is 5.10 Å². The Morgan fingerprint density at radius 2 is 1.76 bits per heavy atom. The second-order valence-electron chi connectivity index (χ2n) is 9.26. The minimum Gasteiger partial charge on any atom is -0.494 e. The Hall–Kier alpha value is -3.02. The third-order valence-corrected chi connectivity index (χ3v) is 10.4. The minimum atomic E-state index is -3.56. The number of halogens is 3. The number of ether oxygens (including phenoxy) is 1. The van der Waals surface area contributed by atoms with E-state index in [1.807, 2.05) is 25.3 Å². The molecule has 7 nitrogen and oxygen atoms in total. The maximum Gasteiger partial charge on any atom is 0.243 e. The average molecular weight is 634 g/mol. The molecule has 3 aromatic carbocycles. The van der Waals surface area contributed by atoms with Gasteiger partial charge < -0.3 is 4.74 Å². The van der Waals surface area contributed by atoms with E-state index in [4.69, 9.17) is 38.0 Å². The lowest BCUT2D eigenvalue weighted by Crippen LogP contribution is -2.30. The number of hydrazone groups is 1. The second-order valence-corrected chi connectivity index (χ2v) is 12.9. The Balaban J connectivity index is 1.50. The van der Waals surface area contributed by atoms with E-state index in [2.05, 4.69) is 0 Å². The lowest BCUT2D eigenvalue weighted by molar-refractivity contribution is 0.386. The quantitative estimate of drug-likeness (QED) is 0.189. The topological polar surface area (TPSA) is 75.1 Å². The highest BCUT2D eigenvalue weighted by atomic mass is 35.5. The van der Waals surface area contributed by atoms with Crippen molar-refractivity contribution in [3.63, 3.8) is 0 Å². The Morgan fingerprint density at radius 3 is 2.39 bits per heavy atom. The van der Waals surface area contributed by atoms with Gasteiger partial charge in [0, 0.05) is 46.1 Å². The molecule has 0 fully saturated rings. The predicted octanol–water partition coefficient (Wildman–Crippen LogP) is 7.65. The number of thiazole rings is 1. The van der Waals surface area contributed by atoms with Gasteiger partial charge in [-0.25, -0.2) is 22.8 Å². The van der Waals surface area contributed by atoms with Crippen molar-refractivity contribution in [1.82, 2.24) is 9.29 Å². The van der Waals surface area contributed by atoms with E-state index in [1.54, 1.807) is 53.5 Å². The van der Waals surface area contributed by atoms with Gasteiger partial charge in [0.05, 0.1) is 29.5 Å². The number of hydrogen-bond donors (Lipinski definition) is 0. The van der Waals surface area contributed by atoms with Crippen LogP contribution in [-0.2, 0) is 10.0 Å². The van der Waals surface area contributed by atoms with Crippen molar-refractivity contribution in [3.8, 4) is 17.0 Å². The summed E-state index contributed by atoms with van der Waals surface area (Å²) in [6.07, 6.45) is 0.458. The first-order chi connectivity index (χ1) is 19.7. The molecule has 0 amide bonds. The van der Waals surface area contributed by atoms with Gasteiger partial charge in [0.25, 0.3) is 0 Å². The molecule has 1 aromatic heterocycles. The van der Waals surface area contributed by atoms with Crippen LogP contribution >= 0.6 is 34.5 Å². The lowest BCUT2D eigenvalue weighted by Gasteiger charge is -2.22. The first kappa shape index (κ1) is 29.5. The minimum absolute atomic E-state index is 0.155. The van der Waals surface area contributed by atoms with Crippen LogP contribution in [0.1, 0.15) is 37.4 Å².